The van der Waals surface area contributed by atoms with E-state index < -0.39 is 29.7 Å². The first-order chi connectivity index (χ1) is 34.5. The number of hydrogen-bond acceptors (Lipinski definition) is 16. The third kappa shape index (κ3) is 13.4. The van der Waals surface area contributed by atoms with Crippen molar-refractivity contribution in [2.75, 3.05) is 98.4 Å². The van der Waals surface area contributed by atoms with Gasteiger partial charge in [0.1, 0.15) is 23.4 Å². The Morgan fingerprint density at radius 3 is 2.23 bits per heavy atom. The Morgan fingerprint density at radius 2 is 1.54 bits per heavy atom. The second kappa shape index (κ2) is 25.8. The molecule has 3 aromatic carbocycles. The number of quaternary nitrogens is 1. The van der Waals surface area contributed by atoms with E-state index in [1.165, 1.54) is 25.4 Å². The van der Waals surface area contributed by atoms with Gasteiger partial charge in [-0.25, -0.2) is 0 Å². The normalized spacial score (nSPS) is 16.8. The molecule has 3 aliphatic heterocycles. The predicted molar refractivity (Wildman–Crippen MR) is 265 cm³/mol. The summed E-state index contributed by atoms with van der Waals surface area (Å²) in [5.41, 5.74) is 2.18. The number of unbranched alkanes of at least 4 members (excludes halogenated alkanes) is 5. The van der Waals surface area contributed by atoms with Crippen molar-refractivity contribution in [3.8, 4) is 29.1 Å². The summed E-state index contributed by atoms with van der Waals surface area (Å²) in [6.45, 7) is 9.24. The third-order valence-electron chi connectivity index (χ3n) is 13.0. The quantitative estimate of drug-likeness (QED) is 0.0250. The van der Waals surface area contributed by atoms with Gasteiger partial charge in [-0.3, -0.25) is 34.4 Å². The number of nitriles is 1. The van der Waals surface area contributed by atoms with Gasteiger partial charge in [-0.05, 0) is 70.0 Å². The van der Waals surface area contributed by atoms with Crippen LogP contribution in [-0.4, -0.2) is 148 Å². The van der Waals surface area contributed by atoms with Crippen molar-refractivity contribution in [3.63, 3.8) is 0 Å². The number of aromatic nitrogens is 1. The summed E-state index contributed by atoms with van der Waals surface area (Å²) in [6, 6.07) is 12.3. The van der Waals surface area contributed by atoms with E-state index in [-0.39, 0.29) is 57.8 Å². The van der Waals surface area contributed by atoms with Gasteiger partial charge in [0.25, 0.3) is 11.8 Å². The van der Waals surface area contributed by atoms with Crippen molar-refractivity contribution in [1.82, 2.24) is 25.0 Å². The van der Waals surface area contributed by atoms with Gasteiger partial charge >= 0.3 is 0 Å². The first-order valence-electron chi connectivity index (χ1n) is 24.4. The number of piperazine rings is 1. The van der Waals surface area contributed by atoms with Crippen LogP contribution in [0.4, 0.5) is 17.1 Å². The second-order valence-electron chi connectivity index (χ2n) is 17.7. The molecule has 0 saturated carbocycles. The zero-order valence-electron chi connectivity index (χ0n) is 40.4. The minimum atomic E-state index is -1.08. The first kappa shape index (κ1) is 52.7. The molecule has 4 amide bonds. The Balaban J connectivity index is 0.693. The number of nitrogens with one attached hydrogen (secondary N) is 3. The minimum Gasteiger partial charge on any atom is -0.629 e. The molecule has 3 aliphatic rings. The van der Waals surface area contributed by atoms with Crippen molar-refractivity contribution < 1.29 is 53.0 Å². The molecule has 380 valence electrons. The number of phenols is 1. The molecule has 20 heteroatoms. The van der Waals surface area contributed by atoms with Crippen molar-refractivity contribution in [1.29, 1.82) is 5.26 Å². The van der Waals surface area contributed by atoms with Gasteiger partial charge in [-0.15, -0.1) is 0 Å². The summed E-state index contributed by atoms with van der Waals surface area (Å²) in [7, 11) is 3.01. The van der Waals surface area contributed by atoms with Crippen LogP contribution in [0.25, 0.3) is 10.9 Å². The molecule has 2 unspecified atom stereocenters. The van der Waals surface area contributed by atoms with Crippen LogP contribution in [0, 0.1) is 16.5 Å². The van der Waals surface area contributed by atoms with Gasteiger partial charge < -0.3 is 54.2 Å². The molecule has 4 N–H and O–H groups in total. The fraction of sp³-hybridized carbons (Fsp3) is 0.490. The van der Waals surface area contributed by atoms with Crippen LogP contribution in [-0.2, 0) is 19.1 Å². The lowest BCUT2D eigenvalue weighted by Crippen LogP contribution is -3.02. The van der Waals surface area contributed by atoms with Gasteiger partial charge in [0.2, 0.25) is 11.8 Å². The zero-order chi connectivity index (χ0) is 50.3. The molecule has 1 aromatic heterocycles. The molecule has 0 radical (unpaired) electrons. The number of aromatic hydroxyl groups is 1. The van der Waals surface area contributed by atoms with Crippen molar-refractivity contribution in [3.05, 3.63) is 75.6 Å². The SMILES string of the molecule is COc1cc(Nc2c(C#N)cnc3cc(OCCCN4CCN(CCCCCOCCOCCCCCC[NH+]([O-])c5cccc6c5C(=O)N(C5CCC(=O)NC5=O)C6=O)CC4)c(OC)cc23)c(Cl)cc1O. The number of hydroxylamine groups is 1. The van der Waals surface area contributed by atoms with Crippen molar-refractivity contribution >= 4 is 63.2 Å². The van der Waals surface area contributed by atoms with Crippen LogP contribution < -0.4 is 29.9 Å². The fourth-order valence-electron chi connectivity index (χ4n) is 9.10. The van der Waals surface area contributed by atoms with Crippen molar-refractivity contribution in [2.45, 2.75) is 70.3 Å². The molecule has 0 aliphatic carbocycles. The molecule has 0 bridgehead atoms. The number of benzene rings is 3. The Bertz CT molecular complexity index is 2570. The molecule has 71 heavy (non-hydrogen) atoms. The van der Waals surface area contributed by atoms with Gasteiger partial charge in [0.05, 0.1) is 73.6 Å². The molecule has 2 saturated heterocycles. The average molecular weight is 1000 g/mol. The highest BCUT2D eigenvalue weighted by atomic mass is 35.5. The Hall–Kier alpha value is -6.11. The number of methoxy groups -OCH3 is 2. The summed E-state index contributed by atoms with van der Waals surface area (Å²) < 4.78 is 28.7. The molecule has 4 heterocycles. The average Bonchev–Trinajstić information content (AvgIpc) is 3.62. The lowest BCUT2D eigenvalue weighted by molar-refractivity contribution is -0.776. The number of piperidine rings is 1. The van der Waals surface area contributed by atoms with E-state index in [1.54, 1.807) is 31.4 Å². The molecule has 19 nitrogen and oxygen atoms in total. The van der Waals surface area contributed by atoms with E-state index in [0.29, 0.717) is 78.8 Å². The number of ether oxygens (including phenoxy) is 5. The lowest BCUT2D eigenvalue weighted by atomic mass is 10.0. The number of carbonyl (C=O) groups is 4. The van der Waals surface area contributed by atoms with Crippen molar-refractivity contribution in [2.24, 2.45) is 0 Å². The number of phenolic OH excluding ortho intramolecular Hbond substituents is 1. The molecule has 0 spiro atoms. The van der Waals surface area contributed by atoms with Crippen LogP contribution in [0.5, 0.6) is 23.0 Å². The number of fused-ring (bicyclic) bond motifs is 2. The number of amides is 4. The zero-order valence-corrected chi connectivity index (χ0v) is 41.2. The van der Waals surface area contributed by atoms with E-state index >= 15 is 0 Å². The van der Waals surface area contributed by atoms with Crippen LogP contribution in [0.3, 0.4) is 0 Å². The standard InChI is InChI=1S/C51H63ClN8O11/c1-67-43-31-39(37(52)29-42(43)61)55-48-34(32-53)33-54-38-30-45(44(68-2)28-36(38)48)71-25-11-17-58-21-19-57(20-22-58)16-6-5-9-24-70-27-26-69-23-8-4-3-7-18-59(66)40-13-10-12-35-47(40)51(65)60(50(35)64)41-14-15-46(62)56-49(41)63/h10,12-13,28-31,33,41,59,61H,3-9,11,14-27H2,1-2H3,(H,54,55)(H,56,62,63). The summed E-state index contributed by atoms with van der Waals surface area (Å²) >= 11 is 6.42. The Kier molecular flexibility index (Phi) is 19.2. The van der Waals surface area contributed by atoms with Crippen LogP contribution in [0.15, 0.2) is 48.7 Å². The maximum absolute atomic E-state index is 13.3. The number of anilines is 2. The molecule has 7 rings (SSSR count). The highest BCUT2D eigenvalue weighted by Gasteiger charge is 2.46. The Labute approximate surface area is 418 Å². The lowest BCUT2D eigenvalue weighted by Gasteiger charge is -2.34. The number of hydrogen-bond donors (Lipinski definition) is 4. The molecule has 2 atom stereocenters. The van der Waals surface area contributed by atoms with E-state index in [1.807, 2.05) is 6.07 Å². The summed E-state index contributed by atoms with van der Waals surface area (Å²) in [6.07, 6.45) is 8.87. The molecular formula is C51H63ClN8O11. The second-order valence-corrected chi connectivity index (χ2v) is 18.1. The highest BCUT2D eigenvalue weighted by molar-refractivity contribution is 6.33. The molecule has 4 aromatic rings. The van der Waals surface area contributed by atoms with Gasteiger partial charge in [-0.1, -0.05) is 24.1 Å². The predicted octanol–water partition coefficient (Wildman–Crippen LogP) is 5.49. The summed E-state index contributed by atoms with van der Waals surface area (Å²) in [4.78, 5) is 60.8. The van der Waals surface area contributed by atoms with Crippen LogP contribution in [0.1, 0.15) is 90.5 Å². The van der Waals surface area contributed by atoms with Crippen LogP contribution in [0.2, 0.25) is 5.02 Å². The van der Waals surface area contributed by atoms with Gasteiger partial charge in [-0.2, -0.15) is 5.26 Å². The van der Waals surface area contributed by atoms with E-state index in [2.05, 4.69) is 31.5 Å². The first-order valence-corrected chi connectivity index (χ1v) is 24.7. The highest BCUT2D eigenvalue weighted by Crippen LogP contribution is 2.41. The molecule has 2 fully saturated rings. The smallest absolute Gasteiger partial charge is 0.268 e. The van der Waals surface area contributed by atoms with Gasteiger partial charge in [0, 0.05) is 88.2 Å². The summed E-state index contributed by atoms with van der Waals surface area (Å²) in [5.74, 6) is -1.22. The van der Waals surface area contributed by atoms with E-state index in [9.17, 15) is 34.8 Å². The van der Waals surface area contributed by atoms with E-state index in [4.69, 9.17) is 35.3 Å². The number of carbonyl (C=O) groups excluding carboxylic acids is 4. The summed E-state index contributed by atoms with van der Waals surface area (Å²) in [5, 5.41) is 39.2. The topological polar surface area (TPSA) is 233 Å². The monoisotopic (exact) mass is 998 g/mol. The minimum absolute atomic E-state index is 0.0298. The van der Waals surface area contributed by atoms with Crippen LogP contribution >= 0.6 is 11.6 Å². The van der Waals surface area contributed by atoms with E-state index in [0.717, 1.165) is 89.1 Å². The molecular weight excluding hydrogens is 936 g/mol. The third-order valence-corrected chi connectivity index (χ3v) is 13.3. The number of pyridine rings is 1. The maximum atomic E-state index is 13.3. The number of rotatable bonds is 27. The number of halogens is 1. The number of imide groups is 2. The number of nitrogens with zero attached hydrogens (tertiary/aromatic N) is 5. The van der Waals surface area contributed by atoms with Gasteiger partial charge in [0.15, 0.2) is 23.0 Å². The largest absolute Gasteiger partial charge is 0.629 e. The fourth-order valence-corrected chi connectivity index (χ4v) is 9.30. The maximum Gasteiger partial charge on any atom is 0.268 e. The Morgan fingerprint density at radius 1 is 0.845 bits per heavy atom.